The molecule has 1 aliphatic carbocycles. The van der Waals surface area contributed by atoms with Crippen molar-refractivity contribution in [2.24, 2.45) is 11.3 Å². The molecule has 0 spiro atoms. The number of carbonyl (C=O) groups excluding carboxylic acids is 3. The Morgan fingerprint density at radius 3 is 2.56 bits per heavy atom. The van der Waals surface area contributed by atoms with E-state index in [-0.39, 0.29) is 38.4 Å². The first-order valence-electron chi connectivity index (χ1n) is 22.3. The van der Waals surface area contributed by atoms with E-state index in [0.717, 1.165) is 18.0 Å². The fourth-order valence-corrected chi connectivity index (χ4v) is 11.2. The second-order valence-corrected chi connectivity index (χ2v) is 22.2. The van der Waals surface area contributed by atoms with Gasteiger partial charge in [0.1, 0.15) is 40.9 Å². The predicted molar refractivity (Wildman–Crippen MR) is 245 cm³/mol. The van der Waals surface area contributed by atoms with Crippen molar-refractivity contribution in [1.82, 2.24) is 35.1 Å². The molecule has 5 N–H and O–H groups in total. The Hall–Kier alpha value is -5.01. The van der Waals surface area contributed by atoms with Crippen LogP contribution in [0.2, 0.25) is 0 Å². The molecule has 17 nitrogen and oxygen atoms in total. The lowest BCUT2D eigenvalue weighted by molar-refractivity contribution is -0.145. The Morgan fingerprint density at radius 1 is 1.09 bits per heavy atom. The zero-order valence-corrected chi connectivity index (χ0v) is 39.3. The minimum atomic E-state index is -3.52. The van der Waals surface area contributed by atoms with Gasteiger partial charge in [0.05, 0.1) is 30.1 Å². The summed E-state index contributed by atoms with van der Waals surface area (Å²) in [7, 11) is -1.95. The summed E-state index contributed by atoms with van der Waals surface area (Å²) in [5.41, 5.74) is -0.302. The van der Waals surface area contributed by atoms with Gasteiger partial charge in [0, 0.05) is 60.4 Å². The molecular weight excluding hydrogens is 861 g/mol. The molecule has 3 aliphatic heterocycles. The number of methoxy groups -OCH3 is 1. The smallest absolute Gasteiger partial charge is 0.330 e. The number of anilines is 1. The topological polar surface area (TPSA) is 221 Å². The van der Waals surface area contributed by atoms with Gasteiger partial charge in [-0.05, 0) is 70.4 Å². The summed E-state index contributed by atoms with van der Waals surface area (Å²) >= 11 is 1.45. The van der Waals surface area contributed by atoms with Crippen molar-refractivity contribution >= 4 is 61.2 Å². The van der Waals surface area contributed by atoms with E-state index in [1.54, 1.807) is 32.2 Å². The van der Waals surface area contributed by atoms with Gasteiger partial charge in [-0.25, -0.2) is 28.0 Å². The molecular formula is C45H62N8O9S2. The number of nitrogens with one attached hydrogen (secondary N) is 4. The molecule has 64 heavy (non-hydrogen) atoms. The summed E-state index contributed by atoms with van der Waals surface area (Å²) in [6, 6.07) is 3.95. The normalized spacial score (nSPS) is 27.4. The number of pyridine rings is 1. The number of urea groups is 1. The van der Waals surface area contributed by atoms with Crippen LogP contribution >= 0.6 is 11.3 Å². The zero-order valence-electron chi connectivity index (χ0n) is 37.7. The van der Waals surface area contributed by atoms with E-state index in [0.29, 0.717) is 59.6 Å². The molecule has 7 atom stereocenters. The quantitative estimate of drug-likeness (QED) is 0.150. The molecule has 1 saturated carbocycles. The molecule has 4 amide bonds. The third-order valence-electron chi connectivity index (χ3n) is 12.8. The van der Waals surface area contributed by atoms with Crippen LogP contribution in [-0.2, 0) is 24.4 Å². The maximum atomic E-state index is 14.9. The molecule has 19 heteroatoms. The van der Waals surface area contributed by atoms with Crippen LogP contribution in [0.5, 0.6) is 11.5 Å². The van der Waals surface area contributed by atoms with Crippen molar-refractivity contribution < 1.29 is 42.2 Å². The van der Waals surface area contributed by atoms with Crippen LogP contribution in [0.15, 0.2) is 41.8 Å². The summed E-state index contributed by atoms with van der Waals surface area (Å²) in [5, 5.41) is 25.2. The summed E-state index contributed by atoms with van der Waals surface area (Å²) in [6.45, 7) is 11.9. The highest BCUT2D eigenvalue weighted by Gasteiger charge is 2.61. The van der Waals surface area contributed by atoms with Crippen molar-refractivity contribution in [3.8, 4) is 22.9 Å². The minimum Gasteiger partial charge on any atom is -0.497 e. The van der Waals surface area contributed by atoms with Gasteiger partial charge < -0.3 is 40.7 Å². The fraction of sp³-hybridized carbons (Fsp3) is 0.600. The molecule has 5 heterocycles. The van der Waals surface area contributed by atoms with Gasteiger partial charge in [-0.1, -0.05) is 45.8 Å². The van der Waals surface area contributed by atoms with Crippen LogP contribution in [0.3, 0.4) is 0 Å². The molecule has 1 aromatic carbocycles. The van der Waals surface area contributed by atoms with Gasteiger partial charge in [0.2, 0.25) is 21.8 Å². The maximum absolute atomic E-state index is 14.9. The third-order valence-corrected chi connectivity index (χ3v) is 15.8. The Kier molecular flexibility index (Phi) is 13.8. The Labute approximate surface area is 379 Å². The van der Waals surface area contributed by atoms with Crippen LogP contribution in [0, 0.1) is 11.3 Å². The van der Waals surface area contributed by atoms with Crippen LogP contribution in [0.25, 0.3) is 22.3 Å². The van der Waals surface area contributed by atoms with E-state index in [1.807, 2.05) is 58.2 Å². The van der Waals surface area contributed by atoms with Gasteiger partial charge in [0.25, 0.3) is 0 Å². The Balaban J connectivity index is 1.19. The summed E-state index contributed by atoms with van der Waals surface area (Å²) in [6.07, 6.45) is 6.92. The summed E-state index contributed by atoms with van der Waals surface area (Å²) in [4.78, 5) is 67.1. The molecule has 2 aromatic heterocycles. The second-order valence-electron chi connectivity index (χ2n) is 18.9. The Bertz CT molecular complexity index is 2380. The molecule has 4 aliphatic rings. The molecule has 3 fully saturated rings. The third kappa shape index (κ3) is 10.3. The van der Waals surface area contributed by atoms with Gasteiger partial charge in [-0.3, -0.25) is 9.59 Å². The van der Waals surface area contributed by atoms with Crippen LogP contribution < -0.4 is 30.7 Å². The van der Waals surface area contributed by atoms with Crippen molar-refractivity contribution in [1.29, 1.82) is 0 Å². The number of hydrogen-bond acceptors (Lipinski definition) is 12. The first kappa shape index (κ1) is 47.0. The van der Waals surface area contributed by atoms with Crippen molar-refractivity contribution in [2.45, 2.75) is 134 Å². The fourth-order valence-electron chi connectivity index (χ4n) is 8.71. The van der Waals surface area contributed by atoms with E-state index >= 15 is 0 Å². The van der Waals surface area contributed by atoms with Gasteiger partial charge >= 0.3 is 12.0 Å². The van der Waals surface area contributed by atoms with Gasteiger partial charge in [-0.2, -0.15) is 4.31 Å². The lowest BCUT2D eigenvalue weighted by Crippen LogP contribution is -2.59. The number of ether oxygens (including phenoxy) is 2. The highest BCUT2D eigenvalue weighted by atomic mass is 32.2. The first-order valence-corrected chi connectivity index (χ1v) is 24.6. The largest absolute Gasteiger partial charge is 0.497 e. The second kappa shape index (κ2) is 18.8. The molecule has 0 bridgehead atoms. The summed E-state index contributed by atoms with van der Waals surface area (Å²) < 4.78 is 39.8. The monoisotopic (exact) mass is 922 g/mol. The average molecular weight is 923 g/mol. The maximum Gasteiger partial charge on any atom is 0.330 e. The molecule has 7 rings (SSSR count). The number of allylic oxidation sites excluding steroid dienone is 1. The molecule has 348 valence electrons. The van der Waals surface area contributed by atoms with E-state index < -0.39 is 80.2 Å². The SMILES string of the molecule is COc1ccc2c(O[C@@H]3C[C@H]4C(=O)N[C@]5(C(=O)O)CC5/C=C\CCCCC[C@H](NC(=O)N[C@H](CN5CCC(C)S5(=O)=O)C(C)(C)C)C(=O)N4C3)cc(-c3csc(NC(C)C)n3)nc2c1. The highest BCUT2D eigenvalue weighted by Crippen LogP contribution is 2.46. The number of carbonyl (C=O) groups is 4. The van der Waals surface area contributed by atoms with Crippen molar-refractivity contribution in [2.75, 3.05) is 32.1 Å². The van der Waals surface area contributed by atoms with Crippen molar-refractivity contribution in [3.05, 3.63) is 41.8 Å². The summed E-state index contributed by atoms with van der Waals surface area (Å²) in [5.74, 6) is -1.64. The van der Waals surface area contributed by atoms with E-state index in [9.17, 15) is 32.7 Å². The number of aromatic nitrogens is 2. The molecule has 0 radical (unpaired) electrons. The first-order chi connectivity index (χ1) is 30.3. The number of amides is 4. The number of rotatable bonds is 11. The number of aliphatic carboxylic acids is 1. The van der Waals surface area contributed by atoms with Crippen LogP contribution in [-0.4, -0.2) is 124 Å². The van der Waals surface area contributed by atoms with Gasteiger partial charge in [-0.15, -0.1) is 11.3 Å². The Morgan fingerprint density at radius 2 is 1.88 bits per heavy atom. The lowest BCUT2D eigenvalue weighted by Gasteiger charge is -2.35. The molecule has 2 saturated heterocycles. The van der Waals surface area contributed by atoms with Crippen molar-refractivity contribution in [3.63, 3.8) is 0 Å². The number of carboxylic acids is 1. The van der Waals surface area contributed by atoms with E-state index in [1.165, 1.54) is 20.5 Å². The number of carboxylic acid groups (broad SMARTS) is 1. The zero-order chi connectivity index (χ0) is 46.1. The number of nitrogens with zero attached hydrogens (tertiary/aromatic N) is 4. The number of benzene rings is 1. The minimum absolute atomic E-state index is 0.0375. The number of sulfonamides is 1. The predicted octanol–water partition coefficient (Wildman–Crippen LogP) is 5.52. The number of thiazole rings is 1. The van der Waals surface area contributed by atoms with Crippen LogP contribution in [0.1, 0.15) is 92.9 Å². The average Bonchev–Trinajstić information content (AvgIpc) is 3.46. The highest BCUT2D eigenvalue weighted by molar-refractivity contribution is 7.90. The molecule has 2 unspecified atom stereocenters. The van der Waals surface area contributed by atoms with E-state index in [2.05, 4.69) is 21.3 Å². The van der Waals surface area contributed by atoms with Crippen LogP contribution in [0.4, 0.5) is 9.93 Å². The molecule has 3 aromatic rings. The number of hydrogen-bond donors (Lipinski definition) is 5. The van der Waals surface area contributed by atoms with E-state index in [4.69, 9.17) is 19.4 Å². The number of fused-ring (bicyclic) bond motifs is 3. The standard InChI is InChI=1S/C45H62N8O9S2/c1-26(2)46-43-49-35(25-63-43)34-21-37(31-16-15-29(61-7)19-33(31)47-34)62-30-20-36-39(54)51-45(41(56)57)22-28(45)13-11-9-8-10-12-14-32(40(55)53(36)23-30)48-42(58)50-38(44(4,5)6)24-52-18-17-27(3)64(52,59)60/h11,13,15-16,19,21,25-28,30,32,36,38H,8-10,12,14,17-18,20,22-24H2,1-7H3,(H,46,49)(H,51,54)(H,56,57)(H2,48,50,58)/b13-11-/t27?,28?,30-,32+,36+,38-,45-/m1/s1. The lowest BCUT2D eigenvalue weighted by atomic mass is 9.86. The van der Waals surface area contributed by atoms with Gasteiger partial charge in [0.15, 0.2) is 5.13 Å².